The summed E-state index contributed by atoms with van der Waals surface area (Å²) in [6.07, 6.45) is 1.29. The number of benzene rings is 1. The second-order valence-electron chi connectivity index (χ2n) is 4.40. The van der Waals surface area contributed by atoms with E-state index >= 15 is 0 Å². The third kappa shape index (κ3) is 4.39. The molecular formula is C15H11ClF2N2O4. The number of amides is 1. The first kappa shape index (κ1) is 17.6. The maximum atomic E-state index is 12.2. The van der Waals surface area contributed by atoms with E-state index in [2.05, 4.69) is 19.8 Å². The van der Waals surface area contributed by atoms with Crippen molar-refractivity contribution in [3.63, 3.8) is 0 Å². The van der Waals surface area contributed by atoms with Crippen molar-refractivity contribution in [2.24, 2.45) is 0 Å². The molecule has 0 saturated carbocycles. The van der Waals surface area contributed by atoms with E-state index in [1.807, 2.05) is 0 Å². The molecule has 0 unspecified atom stereocenters. The Morgan fingerprint density at radius 1 is 1.25 bits per heavy atom. The van der Waals surface area contributed by atoms with Gasteiger partial charge in [-0.05, 0) is 30.3 Å². The van der Waals surface area contributed by atoms with Crippen LogP contribution in [-0.4, -0.2) is 30.6 Å². The summed E-state index contributed by atoms with van der Waals surface area (Å²) in [7, 11) is 1.20. The summed E-state index contributed by atoms with van der Waals surface area (Å²) in [5, 5.41) is 2.43. The lowest BCUT2D eigenvalue weighted by Gasteiger charge is -2.10. The Balaban J connectivity index is 2.15. The fourth-order valence-corrected chi connectivity index (χ4v) is 1.99. The van der Waals surface area contributed by atoms with Gasteiger partial charge >= 0.3 is 12.6 Å². The molecule has 0 aliphatic rings. The highest BCUT2D eigenvalue weighted by molar-refractivity contribution is 6.32. The van der Waals surface area contributed by atoms with Gasteiger partial charge in [0, 0.05) is 17.4 Å². The number of alkyl halides is 2. The lowest BCUT2D eigenvalue weighted by atomic mass is 10.2. The number of halogens is 3. The highest BCUT2D eigenvalue weighted by atomic mass is 35.5. The van der Waals surface area contributed by atoms with E-state index in [1.54, 1.807) is 0 Å². The van der Waals surface area contributed by atoms with Gasteiger partial charge in [0.25, 0.3) is 5.91 Å². The highest BCUT2D eigenvalue weighted by Crippen LogP contribution is 2.29. The van der Waals surface area contributed by atoms with Crippen LogP contribution < -0.4 is 10.1 Å². The van der Waals surface area contributed by atoms with Gasteiger partial charge in [0.15, 0.2) is 0 Å². The van der Waals surface area contributed by atoms with Crippen molar-refractivity contribution >= 4 is 29.2 Å². The van der Waals surface area contributed by atoms with Crippen LogP contribution in [0.2, 0.25) is 5.02 Å². The highest BCUT2D eigenvalue weighted by Gasteiger charge is 2.14. The molecule has 1 heterocycles. The van der Waals surface area contributed by atoms with Gasteiger partial charge in [-0.15, -0.1) is 0 Å². The second-order valence-corrected chi connectivity index (χ2v) is 4.81. The predicted molar refractivity (Wildman–Crippen MR) is 81.6 cm³/mol. The molecule has 1 aromatic heterocycles. The van der Waals surface area contributed by atoms with Crippen molar-refractivity contribution in [1.29, 1.82) is 0 Å². The first-order chi connectivity index (χ1) is 11.4. The van der Waals surface area contributed by atoms with Crippen molar-refractivity contribution < 1.29 is 27.8 Å². The fraction of sp³-hybridized carbons (Fsp3) is 0.133. The predicted octanol–water partition coefficient (Wildman–Crippen LogP) is 3.38. The minimum Gasteiger partial charge on any atom is -0.464 e. The van der Waals surface area contributed by atoms with Crippen LogP contribution in [0.1, 0.15) is 20.8 Å². The Bertz CT molecular complexity index is 771. The van der Waals surface area contributed by atoms with Gasteiger partial charge in [-0.2, -0.15) is 8.78 Å². The molecule has 0 saturated heterocycles. The lowest BCUT2D eigenvalue weighted by molar-refractivity contribution is -0.0497. The zero-order chi connectivity index (χ0) is 17.7. The Hall–Kier alpha value is -2.74. The molecule has 24 heavy (non-hydrogen) atoms. The number of nitrogens with zero attached hydrogens (tertiary/aromatic N) is 1. The Kier molecular flexibility index (Phi) is 5.64. The quantitative estimate of drug-likeness (QED) is 0.831. The smallest absolute Gasteiger partial charge is 0.387 e. The number of pyridine rings is 1. The molecule has 1 N–H and O–H groups in total. The molecule has 9 heteroatoms. The average Bonchev–Trinajstić information content (AvgIpc) is 2.56. The van der Waals surface area contributed by atoms with E-state index in [4.69, 9.17) is 11.6 Å². The van der Waals surface area contributed by atoms with Crippen molar-refractivity contribution in [3.8, 4) is 5.75 Å². The van der Waals surface area contributed by atoms with Crippen LogP contribution in [0.3, 0.4) is 0 Å². The fourth-order valence-electron chi connectivity index (χ4n) is 1.76. The van der Waals surface area contributed by atoms with Crippen molar-refractivity contribution in [1.82, 2.24) is 4.98 Å². The summed E-state index contributed by atoms with van der Waals surface area (Å²) in [5.74, 6) is -1.43. The van der Waals surface area contributed by atoms with Gasteiger partial charge in [0.1, 0.15) is 11.4 Å². The van der Waals surface area contributed by atoms with Gasteiger partial charge in [0.05, 0.1) is 12.1 Å². The minimum absolute atomic E-state index is 0.0242. The van der Waals surface area contributed by atoms with E-state index in [1.165, 1.54) is 43.6 Å². The third-order valence-electron chi connectivity index (χ3n) is 2.82. The van der Waals surface area contributed by atoms with Crippen LogP contribution in [0.25, 0.3) is 0 Å². The number of carbonyl (C=O) groups is 2. The topological polar surface area (TPSA) is 77.5 Å². The molecule has 6 nitrogen and oxygen atoms in total. The molecule has 0 atom stereocenters. The van der Waals surface area contributed by atoms with E-state index in [9.17, 15) is 18.4 Å². The molecular weight excluding hydrogens is 346 g/mol. The molecule has 1 aromatic carbocycles. The summed E-state index contributed by atoms with van der Waals surface area (Å²) in [4.78, 5) is 27.4. The van der Waals surface area contributed by atoms with E-state index in [0.29, 0.717) is 0 Å². The monoisotopic (exact) mass is 356 g/mol. The van der Waals surface area contributed by atoms with Gasteiger partial charge in [-0.3, -0.25) is 4.79 Å². The molecule has 0 fully saturated rings. The normalized spacial score (nSPS) is 10.4. The first-order valence-electron chi connectivity index (χ1n) is 6.51. The van der Waals surface area contributed by atoms with Crippen molar-refractivity contribution in [3.05, 3.63) is 52.8 Å². The summed E-state index contributed by atoms with van der Waals surface area (Å²) in [5.41, 5.74) is 0.404. The maximum absolute atomic E-state index is 12.2. The van der Waals surface area contributed by atoms with Crippen molar-refractivity contribution in [2.75, 3.05) is 12.4 Å². The van der Waals surface area contributed by atoms with Crippen LogP contribution in [0.15, 0.2) is 36.5 Å². The van der Waals surface area contributed by atoms with Gasteiger partial charge in [-0.25, -0.2) is 9.78 Å². The summed E-state index contributed by atoms with van der Waals surface area (Å²) in [6, 6.07) is 6.48. The number of rotatable bonds is 5. The third-order valence-corrected chi connectivity index (χ3v) is 3.12. The number of hydrogen-bond donors (Lipinski definition) is 1. The molecule has 2 rings (SSSR count). The molecule has 0 aliphatic carbocycles. The van der Waals surface area contributed by atoms with Crippen LogP contribution in [0.5, 0.6) is 5.75 Å². The molecule has 2 aromatic rings. The summed E-state index contributed by atoms with van der Waals surface area (Å²) < 4.78 is 33.1. The number of aromatic nitrogens is 1. The van der Waals surface area contributed by atoms with Gasteiger partial charge in [-0.1, -0.05) is 11.6 Å². The Morgan fingerprint density at radius 2 is 2.00 bits per heavy atom. The molecule has 126 valence electrons. The minimum atomic E-state index is -3.00. The van der Waals surface area contributed by atoms with Crippen molar-refractivity contribution in [2.45, 2.75) is 6.61 Å². The number of methoxy groups -OCH3 is 1. The lowest BCUT2D eigenvalue weighted by Crippen LogP contribution is -2.14. The van der Waals surface area contributed by atoms with Crippen LogP contribution in [-0.2, 0) is 4.74 Å². The van der Waals surface area contributed by atoms with Crippen LogP contribution in [0, 0.1) is 0 Å². The molecule has 0 radical (unpaired) electrons. The number of anilines is 1. The molecule has 0 bridgehead atoms. The van der Waals surface area contributed by atoms with E-state index in [-0.39, 0.29) is 27.7 Å². The first-order valence-corrected chi connectivity index (χ1v) is 6.88. The number of esters is 1. The molecule has 1 amide bonds. The van der Waals surface area contributed by atoms with E-state index < -0.39 is 18.5 Å². The largest absolute Gasteiger partial charge is 0.464 e. The summed E-state index contributed by atoms with van der Waals surface area (Å²) >= 11 is 5.81. The van der Waals surface area contributed by atoms with Gasteiger partial charge < -0.3 is 14.8 Å². The zero-order valence-electron chi connectivity index (χ0n) is 12.3. The second kappa shape index (κ2) is 7.69. The van der Waals surface area contributed by atoms with Crippen LogP contribution >= 0.6 is 11.6 Å². The molecule has 0 aliphatic heterocycles. The van der Waals surface area contributed by atoms with Gasteiger partial charge in [0.2, 0.25) is 0 Å². The average molecular weight is 357 g/mol. The number of hydrogen-bond acceptors (Lipinski definition) is 5. The van der Waals surface area contributed by atoms with Crippen LogP contribution in [0.4, 0.5) is 14.5 Å². The number of nitrogens with one attached hydrogen (secondary N) is 1. The Labute approximate surface area is 140 Å². The molecule has 0 spiro atoms. The SMILES string of the molecule is COC(=O)c1cc(C(=O)Nc2ccc(OC(F)F)c(Cl)c2)ccn1. The summed E-state index contributed by atoms with van der Waals surface area (Å²) in [6.45, 7) is -3.00. The Morgan fingerprint density at radius 3 is 2.62 bits per heavy atom. The maximum Gasteiger partial charge on any atom is 0.387 e. The number of carbonyl (C=O) groups excluding carboxylic acids is 2. The standard InChI is InChI=1S/C15H11ClF2N2O4/c1-23-14(22)11-6-8(4-5-19-11)13(21)20-9-2-3-12(10(16)7-9)24-15(17)18/h2-7,15H,1H3,(H,20,21). The zero-order valence-corrected chi connectivity index (χ0v) is 13.0. The number of ether oxygens (including phenoxy) is 2. The van der Waals surface area contributed by atoms with E-state index in [0.717, 1.165) is 0 Å².